The fourth-order valence-electron chi connectivity index (χ4n) is 2.90. The van der Waals surface area contributed by atoms with E-state index in [1.54, 1.807) is 12.1 Å². The molecule has 1 aliphatic heterocycles. The Morgan fingerprint density at radius 2 is 1.19 bits per heavy atom. The van der Waals surface area contributed by atoms with E-state index in [2.05, 4.69) is 0 Å². The molecule has 1 heterocycles. The lowest BCUT2D eigenvalue weighted by Gasteiger charge is -2.15. The highest BCUT2D eigenvalue weighted by Gasteiger charge is 2.40. The van der Waals surface area contributed by atoms with Crippen LogP contribution in [0.5, 0.6) is 0 Å². The second kappa shape index (κ2) is 5.01. The van der Waals surface area contributed by atoms with Gasteiger partial charge in [-0.25, -0.2) is 8.42 Å². The molecule has 21 heavy (non-hydrogen) atoms. The molecule has 2 atom stereocenters. The molecule has 0 aromatic heterocycles. The minimum absolute atomic E-state index is 0.607. The van der Waals surface area contributed by atoms with Crippen LogP contribution in [0.15, 0.2) is 36.4 Å². The Labute approximate surface area is 134 Å². The number of fused-ring (bicyclic) bond motifs is 3. The molecule has 0 saturated heterocycles. The van der Waals surface area contributed by atoms with Crippen molar-refractivity contribution in [1.82, 2.24) is 0 Å². The van der Waals surface area contributed by atoms with Crippen molar-refractivity contribution in [1.29, 1.82) is 0 Å². The lowest BCUT2D eigenvalue weighted by atomic mass is 9.89. The zero-order valence-corrected chi connectivity index (χ0v) is 13.9. The predicted octanol–water partition coefficient (Wildman–Crippen LogP) is 4.87. The smallest absolute Gasteiger partial charge is 0.192 e. The van der Waals surface area contributed by atoms with Crippen molar-refractivity contribution < 1.29 is 8.42 Å². The van der Waals surface area contributed by atoms with Gasteiger partial charge in [-0.05, 0) is 47.2 Å². The Bertz CT molecular complexity index is 765. The van der Waals surface area contributed by atoms with Crippen LogP contribution in [0.3, 0.4) is 0 Å². The van der Waals surface area contributed by atoms with Gasteiger partial charge in [-0.15, -0.1) is 23.2 Å². The first kappa shape index (κ1) is 14.9. The number of rotatable bonds is 0. The van der Waals surface area contributed by atoms with Gasteiger partial charge in [-0.2, -0.15) is 0 Å². The standard InChI is InChI=1S/C16H14Cl2O2S/c1-9-5-3-7-11-13(9)14-10(2)6-4-8-12(14)16(18)21(19,20)15(11)17/h3-8,15-16H,1-2H3. The van der Waals surface area contributed by atoms with E-state index in [4.69, 9.17) is 23.2 Å². The van der Waals surface area contributed by atoms with Crippen molar-refractivity contribution in [2.75, 3.05) is 0 Å². The molecule has 0 fully saturated rings. The van der Waals surface area contributed by atoms with Crippen LogP contribution >= 0.6 is 23.2 Å². The number of aryl methyl sites for hydroxylation is 2. The van der Waals surface area contributed by atoms with Crippen molar-refractivity contribution in [3.8, 4) is 11.1 Å². The van der Waals surface area contributed by atoms with Gasteiger partial charge in [0.2, 0.25) is 0 Å². The summed E-state index contributed by atoms with van der Waals surface area (Å²) in [4.78, 5) is 0. The van der Waals surface area contributed by atoms with Crippen LogP contribution in [0.1, 0.15) is 31.7 Å². The molecule has 2 aromatic rings. The molecule has 2 aromatic carbocycles. The quantitative estimate of drug-likeness (QED) is 0.641. The van der Waals surface area contributed by atoms with Gasteiger partial charge in [0.05, 0.1) is 0 Å². The first-order valence-electron chi connectivity index (χ1n) is 6.56. The number of hydrogen-bond acceptors (Lipinski definition) is 2. The van der Waals surface area contributed by atoms with Crippen molar-refractivity contribution >= 4 is 33.0 Å². The summed E-state index contributed by atoms with van der Waals surface area (Å²) < 4.78 is 23.0. The Morgan fingerprint density at radius 3 is 1.57 bits per heavy atom. The summed E-state index contributed by atoms with van der Waals surface area (Å²) in [6.45, 7) is 3.92. The van der Waals surface area contributed by atoms with Crippen molar-refractivity contribution in [2.45, 2.75) is 23.3 Å². The molecular weight excluding hydrogens is 327 g/mol. The van der Waals surface area contributed by atoms with Crippen LogP contribution in [0.25, 0.3) is 11.1 Å². The van der Waals surface area contributed by atoms with Gasteiger partial charge in [0, 0.05) is 0 Å². The number of halogens is 2. The average Bonchev–Trinajstić information content (AvgIpc) is 2.51. The van der Waals surface area contributed by atoms with E-state index in [0.29, 0.717) is 11.1 Å². The van der Waals surface area contributed by atoms with E-state index in [-0.39, 0.29) is 0 Å². The van der Waals surface area contributed by atoms with Crippen LogP contribution in [0.2, 0.25) is 0 Å². The Hall–Kier alpha value is -1.03. The fraction of sp³-hybridized carbons (Fsp3) is 0.250. The molecule has 2 unspecified atom stereocenters. The van der Waals surface area contributed by atoms with Gasteiger partial charge in [0.25, 0.3) is 0 Å². The number of sulfone groups is 1. The van der Waals surface area contributed by atoms with Gasteiger partial charge in [0.15, 0.2) is 19.3 Å². The van der Waals surface area contributed by atoms with Crippen molar-refractivity contribution in [2.24, 2.45) is 0 Å². The Morgan fingerprint density at radius 1 is 0.810 bits per heavy atom. The van der Waals surface area contributed by atoms with Crippen LogP contribution in [-0.4, -0.2) is 8.42 Å². The lowest BCUT2D eigenvalue weighted by Crippen LogP contribution is -2.12. The molecule has 3 rings (SSSR count). The minimum Gasteiger partial charge on any atom is -0.225 e. The first-order chi connectivity index (χ1) is 9.85. The van der Waals surface area contributed by atoms with Gasteiger partial charge in [-0.1, -0.05) is 36.4 Å². The average molecular weight is 341 g/mol. The molecule has 0 N–H and O–H groups in total. The monoisotopic (exact) mass is 340 g/mol. The second-order valence-electron chi connectivity index (χ2n) is 5.30. The summed E-state index contributed by atoms with van der Waals surface area (Å²) in [5.74, 6) is 0. The molecule has 110 valence electrons. The molecule has 5 heteroatoms. The third-order valence-corrected chi connectivity index (χ3v) is 7.55. The van der Waals surface area contributed by atoms with Crippen molar-refractivity contribution in [3.63, 3.8) is 0 Å². The molecule has 1 aliphatic rings. The van der Waals surface area contributed by atoms with E-state index < -0.39 is 19.3 Å². The van der Waals surface area contributed by atoms with Gasteiger partial charge in [0.1, 0.15) is 0 Å². The van der Waals surface area contributed by atoms with Crippen LogP contribution in [-0.2, 0) is 9.84 Å². The maximum atomic E-state index is 12.6. The summed E-state index contributed by atoms with van der Waals surface area (Å²) in [7, 11) is -3.71. The highest BCUT2D eigenvalue weighted by Crippen LogP contribution is 2.50. The molecular formula is C16H14Cl2O2S. The van der Waals surface area contributed by atoms with Crippen LogP contribution < -0.4 is 0 Å². The van der Waals surface area contributed by atoms with E-state index in [1.165, 1.54) is 0 Å². The number of alkyl halides is 2. The number of hydrogen-bond donors (Lipinski definition) is 0. The van der Waals surface area contributed by atoms with E-state index >= 15 is 0 Å². The second-order valence-corrected chi connectivity index (χ2v) is 8.81. The highest BCUT2D eigenvalue weighted by molar-refractivity contribution is 7.94. The Balaban J connectivity index is 2.53. The van der Waals surface area contributed by atoms with E-state index in [1.807, 2.05) is 38.1 Å². The summed E-state index contributed by atoms with van der Waals surface area (Å²) in [6, 6.07) is 11.1. The topological polar surface area (TPSA) is 34.1 Å². The van der Waals surface area contributed by atoms with E-state index in [9.17, 15) is 8.42 Å². The Kier molecular flexibility index (Phi) is 3.55. The summed E-state index contributed by atoms with van der Waals surface area (Å²) in [5, 5.41) is 0. The van der Waals surface area contributed by atoms with Crippen LogP contribution in [0, 0.1) is 13.8 Å². The normalized spacial score (nSPS) is 23.0. The minimum atomic E-state index is -3.71. The first-order valence-corrected chi connectivity index (χ1v) is 9.04. The summed E-state index contributed by atoms with van der Waals surface area (Å²) >= 11 is 12.6. The third kappa shape index (κ3) is 2.10. The van der Waals surface area contributed by atoms with Crippen LogP contribution in [0.4, 0.5) is 0 Å². The van der Waals surface area contributed by atoms with E-state index in [0.717, 1.165) is 22.3 Å². The third-order valence-electron chi connectivity index (χ3n) is 3.93. The predicted molar refractivity (Wildman–Crippen MR) is 87.5 cm³/mol. The molecule has 0 amide bonds. The van der Waals surface area contributed by atoms with Gasteiger partial charge < -0.3 is 0 Å². The van der Waals surface area contributed by atoms with Gasteiger partial charge >= 0.3 is 0 Å². The highest BCUT2D eigenvalue weighted by atomic mass is 35.5. The molecule has 2 nitrogen and oxygen atoms in total. The maximum Gasteiger partial charge on any atom is 0.192 e. The number of benzene rings is 2. The van der Waals surface area contributed by atoms with Crippen molar-refractivity contribution in [3.05, 3.63) is 58.7 Å². The largest absolute Gasteiger partial charge is 0.225 e. The summed E-state index contributed by atoms with van der Waals surface area (Å²) in [5.41, 5.74) is 4.98. The lowest BCUT2D eigenvalue weighted by molar-refractivity contribution is 0.592. The molecule has 0 spiro atoms. The summed E-state index contributed by atoms with van der Waals surface area (Å²) in [6.07, 6.45) is 0. The maximum absolute atomic E-state index is 12.6. The molecule has 0 bridgehead atoms. The zero-order valence-electron chi connectivity index (χ0n) is 11.6. The zero-order chi connectivity index (χ0) is 15.4. The fourth-order valence-corrected chi connectivity index (χ4v) is 5.35. The molecule has 0 aliphatic carbocycles. The SMILES string of the molecule is Cc1cccc2c1-c1c(C)cccc1C(Cl)S(=O)(=O)C2Cl. The van der Waals surface area contributed by atoms with Gasteiger partial charge in [-0.3, -0.25) is 0 Å². The molecule has 0 saturated carbocycles. The molecule has 0 radical (unpaired) electrons.